The van der Waals surface area contributed by atoms with Crippen molar-refractivity contribution in [3.05, 3.63) is 70.9 Å². The van der Waals surface area contributed by atoms with Gasteiger partial charge < -0.3 is 10.1 Å². The van der Waals surface area contributed by atoms with Crippen molar-refractivity contribution in [2.24, 2.45) is 0 Å². The molecular weight excluding hydrogens is 414 g/mol. The molecule has 0 unspecified atom stereocenters. The standard InChI is InChI=1S/C21H15ClF2N4O2/c1-25-20(29)12-8-6-11(7-9-12)17-16-18(13(22)10-26-21(16)30-2)28(27-17)19-14(23)4-3-5-15(19)24/h3-10H,1-2H3,(H,25,29). The summed E-state index contributed by atoms with van der Waals surface area (Å²) in [7, 11) is 2.96. The second-order valence-electron chi connectivity index (χ2n) is 6.33. The van der Waals surface area contributed by atoms with Gasteiger partial charge in [0.1, 0.15) is 16.9 Å². The molecule has 2 aromatic heterocycles. The number of aromatic nitrogens is 3. The summed E-state index contributed by atoms with van der Waals surface area (Å²) in [4.78, 5) is 16.0. The van der Waals surface area contributed by atoms with E-state index in [1.807, 2.05) is 0 Å². The molecule has 0 atom stereocenters. The largest absolute Gasteiger partial charge is 0.480 e. The molecule has 0 saturated carbocycles. The van der Waals surface area contributed by atoms with E-state index >= 15 is 0 Å². The molecule has 4 rings (SSSR count). The van der Waals surface area contributed by atoms with Gasteiger partial charge in [-0.25, -0.2) is 18.4 Å². The van der Waals surface area contributed by atoms with E-state index in [-0.39, 0.29) is 28.0 Å². The van der Waals surface area contributed by atoms with Crippen LogP contribution in [-0.4, -0.2) is 34.8 Å². The van der Waals surface area contributed by atoms with Gasteiger partial charge in [0.2, 0.25) is 5.88 Å². The van der Waals surface area contributed by atoms with E-state index in [1.165, 1.54) is 26.4 Å². The first-order valence-electron chi connectivity index (χ1n) is 8.84. The van der Waals surface area contributed by atoms with Gasteiger partial charge in [-0.1, -0.05) is 29.8 Å². The monoisotopic (exact) mass is 428 g/mol. The van der Waals surface area contributed by atoms with Crippen molar-refractivity contribution in [2.45, 2.75) is 0 Å². The van der Waals surface area contributed by atoms with E-state index in [1.54, 1.807) is 24.3 Å². The van der Waals surface area contributed by atoms with Crippen molar-refractivity contribution in [3.8, 4) is 22.8 Å². The molecule has 2 heterocycles. The number of amides is 1. The second kappa shape index (κ2) is 7.72. The van der Waals surface area contributed by atoms with Crippen LogP contribution in [0, 0.1) is 11.6 Å². The third-order valence-corrected chi connectivity index (χ3v) is 4.89. The Kier molecular flexibility index (Phi) is 5.09. The first-order chi connectivity index (χ1) is 14.5. The van der Waals surface area contributed by atoms with Gasteiger partial charge in [-0.3, -0.25) is 4.79 Å². The van der Waals surface area contributed by atoms with Gasteiger partial charge in [-0.15, -0.1) is 0 Å². The Bertz CT molecular complexity index is 1250. The molecule has 0 fully saturated rings. The van der Waals surface area contributed by atoms with E-state index in [4.69, 9.17) is 16.3 Å². The van der Waals surface area contributed by atoms with Crippen molar-refractivity contribution in [1.29, 1.82) is 0 Å². The molecule has 6 nitrogen and oxygen atoms in total. The lowest BCUT2D eigenvalue weighted by atomic mass is 10.1. The quantitative estimate of drug-likeness (QED) is 0.523. The summed E-state index contributed by atoms with van der Waals surface area (Å²) in [5, 5.41) is 7.53. The summed E-state index contributed by atoms with van der Waals surface area (Å²) in [6.45, 7) is 0. The maximum absolute atomic E-state index is 14.5. The van der Waals surface area contributed by atoms with Crippen molar-refractivity contribution >= 4 is 28.4 Å². The molecule has 0 aliphatic heterocycles. The van der Waals surface area contributed by atoms with Crippen molar-refractivity contribution in [2.75, 3.05) is 14.2 Å². The number of benzene rings is 2. The van der Waals surface area contributed by atoms with Crippen LogP contribution in [0.5, 0.6) is 5.88 Å². The molecule has 30 heavy (non-hydrogen) atoms. The van der Waals surface area contributed by atoms with Crippen molar-refractivity contribution < 1.29 is 18.3 Å². The minimum absolute atomic E-state index is 0.147. The van der Waals surface area contributed by atoms with Gasteiger partial charge in [0.15, 0.2) is 11.6 Å². The Balaban J connectivity index is 2.04. The Labute approximate surface area is 175 Å². The lowest BCUT2D eigenvalue weighted by Gasteiger charge is -2.08. The smallest absolute Gasteiger partial charge is 0.251 e. The SMILES string of the molecule is CNC(=O)c1ccc(-c2nn(-c3c(F)cccc3F)c3c(Cl)cnc(OC)c23)cc1. The molecule has 0 spiro atoms. The lowest BCUT2D eigenvalue weighted by Crippen LogP contribution is -2.17. The van der Waals surface area contributed by atoms with Gasteiger partial charge in [-0.05, 0) is 24.3 Å². The fourth-order valence-corrected chi connectivity index (χ4v) is 3.44. The molecule has 9 heteroatoms. The number of hydrogen-bond donors (Lipinski definition) is 1. The molecule has 0 saturated heterocycles. The van der Waals surface area contributed by atoms with Crippen LogP contribution >= 0.6 is 11.6 Å². The molecule has 1 N–H and O–H groups in total. The molecule has 2 aromatic carbocycles. The average molecular weight is 429 g/mol. The van der Waals surface area contributed by atoms with Gasteiger partial charge in [0.25, 0.3) is 5.91 Å². The molecule has 0 bridgehead atoms. The van der Waals surface area contributed by atoms with E-state index in [9.17, 15) is 13.6 Å². The molecular formula is C21H15ClF2N4O2. The molecule has 1 amide bonds. The number of nitrogens with one attached hydrogen (secondary N) is 1. The van der Waals surface area contributed by atoms with Crippen molar-refractivity contribution in [1.82, 2.24) is 20.1 Å². The zero-order valence-corrected chi connectivity index (χ0v) is 16.7. The Morgan fingerprint density at radius 1 is 1.13 bits per heavy atom. The number of para-hydroxylation sites is 1. The highest BCUT2D eigenvalue weighted by Crippen LogP contribution is 2.39. The number of fused-ring (bicyclic) bond motifs is 1. The summed E-state index contributed by atoms with van der Waals surface area (Å²) in [5.41, 5.74) is 1.27. The molecule has 0 aliphatic rings. The van der Waals surface area contributed by atoms with E-state index in [0.717, 1.165) is 16.8 Å². The number of pyridine rings is 1. The number of halogens is 3. The first kappa shape index (κ1) is 19.8. The number of rotatable bonds is 4. The molecule has 0 aliphatic carbocycles. The first-order valence-corrected chi connectivity index (χ1v) is 9.22. The molecule has 152 valence electrons. The summed E-state index contributed by atoms with van der Waals surface area (Å²) >= 11 is 6.36. The normalized spacial score (nSPS) is 11.0. The Hall–Kier alpha value is -3.52. The molecule has 4 aromatic rings. The zero-order chi connectivity index (χ0) is 21.4. The lowest BCUT2D eigenvalue weighted by molar-refractivity contribution is 0.0963. The summed E-state index contributed by atoms with van der Waals surface area (Å²) in [5.74, 6) is -1.64. The summed E-state index contributed by atoms with van der Waals surface area (Å²) < 4.78 is 35.5. The fourth-order valence-electron chi connectivity index (χ4n) is 3.22. The van der Waals surface area contributed by atoms with E-state index in [2.05, 4.69) is 15.4 Å². The summed E-state index contributed by atoms with van der Waals surface area (Å²) in [6, 6.07) is 10.1. The maximum atomic E-state index is 14.5. The highest BCUT2D eigenvalue weighted by Gasteiger charge is 2.24. The van der Waals surface area contributed by atoms with Gasteiger partial charge in [-0.2, -0.15) is 5.10 Å². The summed E-state index contributed by atoms with van der Waals surface area (Å²) in [6.07, 6.45) is 1.33. The average Bonchev–Trinajstić information content (AvgIpc) is 3.15. The zero-order valence-electron chi connectivity index (χ0n) is 15.9. The van der Waals surface area contributed by atoms with Gasteiger partial charge in [0, 0.05) is 18.2 Å². The van der Waals surface area contributed by atoms with Crippen molar-refractivity contribution in [3.63, 3.8) is 0 Å². The van der Waals surface area contributed by atoms with Crippen LogP contribution in [0.1, 0.15) is 10.4 Å². The predicted molar refractivity (Wildman–Crippen MR) is 109 cm³/mol. The van der Waals surface area contributed by atoms with Gasteiger partial charge in [0.05, 0.1) is 23.7 Å². The number of ether oxygens (including phenoxy) is 1. The van der Waals surface area contributed by atoms with Crippen LogP contribution in [-0.2, 0) is 0 Å². The predicted octanol–water partition coefficient (Wildman–Crippen LogP) is 4.39. The van der Waals surface area contributed by atoms with Crippen LogP contribution in [0.2, 0.25) is 5.02 Å². The third kappa shape index (κ3) is 3.15. The minimum Gasteiger partial charge on any atom is -0.480 e. The minimum atomic E-state index is -0.798. The number of nitrogens with zero attached hydrogens (tertiary/aromatic N) is 3. The van der Waals surface area contributed by atoms with E-state index in [0.29, 0.717) is 22.2 Å². The second-order valence-corrected chi connectivity index (χ2v) is 6.73. The number of carbonyl (C=O) groups is 1. The van der Waals surface area contributed by atoms with Crippen LogP contribution in [0.15, 0.2) is 48.7 Å². The van der Waals surface area contributed by atoms with E-state index < -0.39 is 11.6 Å². The molecule has 0 radical (unpaired) electrons. The maximum Gasteiger partial charge on any atom is 0.251 e. The highest BCUT2D eigenvalue weighted by molar-refractivity contribution is 6.35. The number of hydrogen-bond acceptors (Lipinski definition) is 4. The Morgan fingerprint density at radius 3 is 2.40 bits per heavy atom. The van der Waals surface area contributed by atoms with Crippen LogP contribution in [0.4, 0.5) is 8.78 Å². The third-order valence-electron chi connectivity index (χ3n) is 4.61. The van der Waals surface area contributed by atoms with Crippen LogP contribution in [0.25, 0.3) is 27.8 Å². The van der Waals surface area contributed by atoms with Gasteiger partial charge >= 0.3 is 0 Å². The Morgan fingerprint density at radius 2 is 1.80 bits per heavy atom. The fraction of sp³-hybridized carbons (Fsp3) is 0.0952. The number of carbonyl (C=O) groups excluding carboxylic acids is 1. The highest BCUT2D eigenvalue weighted by atomic mass is 35.5. The van der Waals surface area contributed by atoms with Crippen LogP contribution in [0.3, 0.4) is 0 Å². The van der Waals surface area contributed by atoms with Crippen LogP contribution < -0.4 is 10.1 Å². The topological polar surface area (TPSA) is 69.0 Å². The number of methoxy groups -OCH3 is 1.